The normalized spacial score (nSPS) is 15.8. The van der Waals surface area contributed by atoms with Gasteiger partial charge in [0, 0.05) is 19.9 Å². The first kappa shape index (κ1) is 20.5. The molecule has 1 aromatic carbocycles. The Kier molecular flexibility index (Phi) is 7.48. The van der Waals surface area contributed by atoms with Crippen LogP contribution >= 0.6 is 0 Å². The highest BCUT2D eigenvalue weighted by Crippen LogP contribution is 2.25. The zero-order chi connectivity index (χ0) is 19.1. The lowest BCUT2D eigenvalue weighted by atomic mass is 9.98. The average Bonchev–Trinajstić information content (AvgIpc) is 2.81. The van der Waals surface area contributed by atoms with Crippen LogP contribution in [-0.4, -0.2) is 35.6 Å². The van der Waals surface area contributed by atoms with Gasteiger partial charge in [-0.2, -0.15) is 0 Å². The van der Waals surface area contributed by atoms with Crippen molar-refractivity contribution in [3.63, 3.8) is 0 Å². The number of rotatable bonds is 1. The SMILES string of the molecule is CC.CC(C)c1ccc2c(c1)C(=O)N(C)C2=O.O=C1CCCC(=O)N1. The predicted molar refractivity (Wildman–Crippen MR) is 95.3 cm³/mol. The van der Waals surface area contributed by atoms with Crippen LogP contribution < -0.4 is 5.32 Å². The van der Waals surface area contributed by atoms with Crippen molar-refractivity contribution >= 4 is 23.6 Å². The summed E-state index contributed by atoms with van der Waals surface area (Å²) in [7, 11) is 1.51. The lowest BCUT2D eigenvalue weighted by Crippen LogP contribution is -2.33. The zero-order valence-corrected chi connectivity index (χ0v) is 15.5. The lowest BCUT2D eigenvalue weighted by molar-refractivity contribution is -0.132. The molecule has 136 valence electrons. The summed E-state index contributed by atoms with van der Waals surface area (Å²) in [5, 5.41) is 2.20. The van der Waals surface area contributed by atoms with E-state index in [1.807, 2.05) is 26.0 Å². The third kappa shape index (κ3) is 4.98. The van der Waals surface area contributed by atoms with Gasteiger partial charge in [0.1, 0.15) is 0 Å². The van der Waals surface area contributed by atoms with Crippen LogP contribution in [0.15, 0.2) is 18.2 Å². The van der Waals surface area contributed by atoms with Crippen molar-refractivity contribution in [1.29, 1.82) is 0 Å². The van der Waals surface area contributed by atoms with Gasteiger partial charge in [0.2, 0.25) is 11.8 Å². The number of nitrogens with one attached hydrogen (secondary N) is 1. The summed E-state index contributed by atoms with van der Waals surface area (Å²) in [6.45, 7) is 8.12. The molecule has 3 rings (SSSR count). The standard InChI is InChI=1S/C12H13NO2.C5H7NO2.C2H6/c1-7(2)8-4-5-9-10(6-8)12(15)13(3)11(9)14;7-4-2-1-3-5(8)6-4;1-2/h4-7H,1-3H3;1-3H2,(H,6,7,8);1-2H3. The average molecular weight is 346 g/mol. The van der Waals surface area contributed by atoms with E-state index in [1.165, 1.54) is 7.05 Å². The van der Waals surface area contributed by atoms with E-state index in [0.717, 1.165) is 10.5 Å². The highest BCUT2D eigenvalue weighted by atomic mass is 16.2. The number of amides is 4. The maximum absolute atomic E-state index is 11.7. The summed E-state index contributed by atoms with van der Waals surface area (Å²) in [5.41, 5.74) is 2.14. The van der Waals surface area contributed by atoms with Gasteiger partial charge in [-0.05, 0) is 30.0 Å². The van der Waals surface area contributed by atoms with Crippen LogP contribution in [0.4, 0.5) is 0 Å². The monoisotopic (exact) mass is 346 g/mol. The second-order valence-corrected chi connectivity index (χ2v) is 5.95. The number of fused-ring (bicyclic) bond motifs is 1. The molecule has 2 heterocycles. The smallest absolute Gasteiger partial charge is 0.261 e. The molecular weight excluding hydrogens is 320 g/mol. The summed E-state index contributed by atoms with van der Waals surface area (Å²) in [4.78, 5) is 45.1. The van der Waals surface area contributed by atoms with Gasteiger partial charge < -0.3 is 0 Å². The molecule has 0 aromatic heterocycles. The van der Waals surface area contributed by atoms with Crippen molar-refractivity contribution < 1.29 is 19.2 Å². The van der Waals surface area contributed by atoms with Gasteiger partial charge in [-0.1, -0.05) is 33.8 Å². The molecule has 0 bridgehead atoms. The minimum absolute atomic E-state index is 0.138. The van der Waals surface area contributed by atoms with E-state index in [0.29, 0.717) is 36.3 Å². The van der Waals surface area contributed by atoms with Gasteiger partial charge in [0.25, 0.3) is 11.8 Å². The van der Waals surface area contributed by atoms with Crippen LogP contribution in [0.1, 0.15) is 79.2 Å². The first-order valence-corrected chi connectivity index (χ1v) is 8.60. The zero-order valence-electron chi connectivity index (χ0n) is 15.5. The number of benzene rings is 1. The molecule has 1 N–H and O–H groups in total. The fourth-order valence-corrected chi connectivity index (χ4v) is 2.43. The molecule has 2 aliphatic rings. The molecule has 0 atom stereocenters. The van der Waals surface area contributed by atoms with Crippen LogP contribution in [-0.2, 0) is 9.59 Å². The van der Waals surface area contributed by atoms with Gasteiger partial charge in [-0.15, -0.1) is 0 Å². The summed E-state index contributed by atoms with van der Waals surface area (Å²) in [5.74, 6) is -0.311. The maximum atomic E-state index is 11.7. The molecule has 0 unspecified atom stereocenters. The van der Waals surface area contributed by atoms with Gasteiger partial charge in [-0.25, -0.2) is 0 Å². The number of nitrogens with zero attached hydrogens (tertiary/aromatic N) is 1. The summed E-state index contributed by atoms with van der Waals surface area (Å²) in [6.07, 6.45) is 1.72. The third-order valence-corrected chi connectivity index (χ3v) is 3.87. The molecule has 0 spiro atoms. The molecule has 2 aliphatic heterocycles. The largest absolute Gasteiger partial charge is 0.296 e. The number of piperidine rings is 1. The summed E-state index contributed by atoms with van der Waals surface area (Å²) in [6, 6.07) is 5.48. The van der Waals surface area contributed by atoms with Crippen molar-refractivity contribution in [2.75, 3.05) is 7.05 Å². The molecule has 1 fully saturated rings. The van der Waals surface area contributed by atoms with Crippen molar-refractivity contribution in [3.05, 3.63) is 34.9 Å². The summed E-state index contributed by atoms with van der Waals surface area (Å²) < 4.78 is 0. The molecule has 1 saturated heterocycles. The maximum Gasteiger partial charge on any atom is 0.261 e. The Bertz CT molecular complexity index is 666. The third-order valence-electron chi connectivity index (χ3n) is 3.87. The number of carbonyl (C=O) groups excluding carboxylic acids is 4. The Hall–Kier alpha value is -2.50. The Morgan fingerprint density at radius 3 is 1.88 bits per heavy atom. The number of hydrogen-bond acceptors (Lipinski definition) is 4. The minimum atomic E-state index is -0.203. The first-order chi connectivity index (χ1) is 11.8. The van der Waals surface area contributed by atoms with Gasteiger partial charge in [0.05, 0.1) is 11.1 Å². The molecule has 1 aromatic rings. The number of carbonyl (C=O) groups is 4. The van der Waals surface area contributed by atoms with E-state index >= 15 is 0 Å². The first-order valence-electron chi connectivity index (χ1n) is 8.60. The highest BCUT2D eigenvalue weighted by Gasteiger charge is 2.32. The van der Waals surface area contributed by atoms with Crippen molar-refractivity contribution in [3.8, 4) is 0 Å². The molecule has 0 aliphatic carbocycles. The quantitative estimate of drug-likeness (QED) is 0.793. The minimum Gasteiger partial charge on any atom is -0.296 e. The number of hydrogen-bond donors (Lipinski definition) is 1. The van der Waals surface area contributed by atoms with Crippen LogP contribution in [0.3, 0.4) is 0 Å². The molecule has 25 heavy (non-hydrogen) atoms. The Labute approximate surface area is 148 Å². The van der Waals surface area contributed by atoms with Crippen LogP contribution in [0.2, 0.25) is 0 Å². The fraction of sp³-hybridized carbons (Fsp3) is 0.474. The van der Waals surface area contributed by atoms with E-state index < -0.39 is 0 Å². The molecule has 0 radical (unpaired) electrons. The molecular formula is C19H26N2O4. The summed E-state index contributed by atoms with van der Waals surface area (Å²) >= 11 is 0. The van der Waals surface area contributed by atoms with Crippen LogP contribution in [0.5, 0.6) is 0 Å². The van der Waals surface area contributed by atoms with E-state index in [4.69, 9.17) is 0 Å². The molecule has 6 nitrogen and oxygen atoms in total. The van der Waals surface area contributed by atoms with Crippen molar-refractivity contribution in [2.45, 2.75) is 52.9 Å². The lowest BCUT2D eigenvalue weighted by Gasteiger charge is -2.07. The fourth-order valence-electron chi connectivity index (χ4n) is 2.43. The van der Waals surface area contributed by atoms with Crippen LogP contribution in [0, 0.1) is 0 Å². The van der Waals surface area contributed by atoms with E-state index in [1.54, 1.807) is 6.07 Å². The van der Waals surface area contributed by atoms with E-state index in [9.17, 15) is 19.2 Å². The van der Waals surface area contributed by atoms with E-state index in [-0.39, 0.29) is 23.6 Å². The second kappa shape index (κ2) is 9.11. The van der Waals surface area contributed by atoms with E-state index in [2.05, 4.69) is 19.2 Å². The Morgan fingerprint density at radius 2 is 1.44 bits per heavy atom. The second-order valence-electron chi connectivity index (χ2n) is 5.95. The number of imide groups is 2. The Morgan fingerprint density at radius 1 is 0.920 bits per heavy atom. The van der Waals surface area contributed by atoms with Crippen LogP contribution in [0.25, 0.3) is 0 Å². The highest BCUT2D eigenvalue weighted by molar-refractivity contribution is 6.21. The van der Waals surface area contributed by atoms with Gasteiger partial charge in [-0.3, -0.25) is 29.4 Å². The van der Waals surface area contributed by atoms with Crippen molar-refractivity contribution in [1.82, 2.24) is 10.2 Å². The topological polar surface area (TPSA) is 83.6 Å². The Balaban J connectivity index is 0.000000264. The molecule has 0 saturated carbocycles. The molecule has 6 heteroatoms. The van der Waals surface area contributed by atoms with Gasteiger partial charge in [0.15, 0.2) is 0 Å². The van der Waals surface area contributed by atoms with Gasteiger partial charge >= 0.3 is 0 Å². The predicted octanol–water partition coefficient (Wildman–Crippen LogP) is 2.88. The van der Waals surface area contributed by atoms with Crippen molar-refractivity contribution in [2.24, 2.45) is 0 Å². The molecule has 4 amide bonds.